The predicted octanol–water partition coefficient (Wildman–Crippen LogP) is 4.17. The topological polar surface area (TPSA) is 55.0 Å². The van der Waals surface area contributed by atoms with Crippen molar-refractivity contribution in [2.45, 2.75) is 13.8 Å². The van der Waals surface area contributed by atoms with Crippen LogP contribution in [0, 0.1) is 6.92 Å². The molecule has 116 valence electrons. The molecule has 0 unspecified atom stereocenters. The predicted molar refractivity (Wildman–Crippen MR) is 91.8 cm³/mol. The SMILES string of the molecule is CCOc1ccc2[nH]c(C)c(C=CC(=O)c3ccncc3)c2c1. The maximum atomic E-state index is 12.2. The molecule has 0 spiro atoms. The summed E-state index contributed by atoms with van der Waals surface area (Å²) in [6, 6.07) is 9.36. The monoisotopic (exact) mass is 306 g/mol. The van der Waals surface area contributed by atoms with Gasteiger partial charge in [0.2, 0.25) is 0 Å². The number of hydrogen-bond donors (Lipinski definition) is 1. The van der Waals surface area contributed by atoms with E-state index in [4.69, 9.17) is 4.74 Å². The van der Waals surface area contributed by atoms with Crippen LogP contribution in [0.15, 0.2) is 48.8 Å². The number of ketones is 1. The fourth-order valence-electron chi connectivity index (χ4n) is 2.57. The van der Waals surface area contributed by atoms with Gasteiger partial charge in [0.05, 0.1) is 6.61 Å². The number of aromatic nitrogens is 2. The van der Waals surface area contributed by atoms with Crippen LogP contribution in [0.5, 0.6) is 5.75 Å². The molecular formula is C19H18N2O2. The molecule has 0 aliphatic rings. The molecule has 0 fully saturated rings. The number of fused-ring (bicyclic) bond motifs is 1. The number of H-pyrrole nitrogens is 1. The van der Waals surface area contributed by atoms with Crippen molar-refractivity contribution in [3.63, 3.8) is 0 Å². The summed E-state index contributed by atoms with van der Waals surface area (Å²) >= 11 is 0. The molecule has 0 aliphatic carbocycles. The second-order valence-corrected chi connectivity index (χ2v) is 5.24. The van der Waals surface area contributed by atoms with Crippen LogP contribution in [0.2, 0.25) is 0 Å². The summed E-state index contributed by atoms with van der Waals surface area (Å²) in [5.41, 5.74) is 3.68. The Morgan fingerprint density at radius 2 is 2.04 bits per heavy atom. The van der Waals surface area contributed by atoms with Gasteiger partial charge in [0, 0.05) is 40.1 Å². The van der Waals surface area contributed by atoms with Gasteiger partial charge in [-0.25, -0.2) is 0 Å². The summed E-state index contributed by atoms with van der Waals surface area (Å²) in [6.45, 7) is 4.58. The molecule has 0 amide bonds. The third-order valence-electron chi connectivity index (χ3n) is 3.68. The lowest BCUT2D eigenvalue weighted by Crippen LogP contribution is -1.93. The first-order valence-electron chi connectivity index (χ1n) is 7.56. The normalized spacial score (nSPS) is 11.2. The van der Waals surface area contributed by atoms with Crippen molar-refractivity contribution in [3.05, 3.63) is 65.6 Å². The molecule has 3 rings (SSSR count). The van der Waals surface area contributed by atoms with Gasteiger partial charge in [0.1, 0.15) is 5.75 Å². The largest absolute Gasteiger partial charge is 0.494 e. The van der Waals surface area contributed by atoms with Crippen LogP contribution in [-0.2, 0) is 0 Å². The van der Waals surface area contributed by atoms with E-state index in [0.717, 1.165) is 27.9 Å². The van der Waals surface area contributed by atoms with Gasteiger partial charge >= 0.3 is 0 Å². The second-order valence-electron chi connectivity index (χ2n) is 5.24. The van der Waals surface area contributed by atoms with E-state index in [-0.39, 0.29) is 5.78 Å². The van der Waals surface area contributed by atoms with Gasteiger partial charge in [-0.1, -0.05) is 0 Å². The lowest BCUT2D eigenvalue weighted by molar-refractivity contribution is 0.104. The molecule has 0 saturated heterocycles. The Labute approximate surface area is 134 Å². The zero-order valence-electron chi connectivity index (χ0n) is 13.2. The Morgan fingerprint density at radius 3 is 2.78 bits per heavy atom. The molecule has 4 nitrogen and oxygen atoms in total. The average Bonchev–Trinajstić information content (AvgIpc) is 2.88. The lowest BCUT2D eigenvalue weighted by atomic mass is 10.1. The Balaban J connectivity index is 1.95. The minimum absolute atomic E-state index is 0.0397. The van der Waals surface area contributed by atoms with Gasteiger partial charge in [-0.2, -0.15) is 0 Å². The summed E-state index contributed by atoms with van der Waals surface area (Å²) in [5, 5.41) is 1.05. The van der Waals surface area contributed by atoms with Crippen molar-refractivity contribution in [2.24, 2.45) is 0 Å². The minimum atomic E-state index is -0.0397. The van der Waals surface area contributed by atoms with E-state index in [0.29, 0.717) is 12.2 Å². The molecule has 1 aromatic carbocycles. The van der Waals surface area contributed by atoms with E-state index >= 15 is 0 Å². The first-order chi connectivity index (χ1) is 11.2. The summed E-state index contributed by atoms with van der Waals surface area (Å²) in [5.74, 6) is 0.788. The highest BCUT2D eigenvalue weighted by Crippen LogP contribution is 2.27. The maximum absolute atomic E-state index is 12.2. The first kappa shape index (κ1) is 15.0. The maximum Gasteiger partial charge on any atom is 0.185 e. The number of nitrogens with one attached hydrogen (secondary N) is 1. The smallest absolute Gasteiger partial charge is 0.185 e. The Bertz CT molecular complexity index is 864. The second kappa shape index (κ2) is 6.48. The zero-order valence-corrected chi connectivity index (χ0v) is 13.2. The van der Waals surface area contributed by atoms with E-state index in [9.17, 15) is 4.79 Å². The molecule has 2 aromatic heterocycles. The van der Waals surface area contributed by atoms with Crippen molar-refractivity contribution < 1.29 is 9.53 Å². The van der Waals surface area contributed by atoms with Crippen molar-refractivity contribution in [2.75, 3.05) is 6.61 Å². The summed E-state index contributed by atoms with van der Waals surface area (Å²) in [4.78, 5) is 19.5. The number of allylic oxidation sites excluding steroid dienone is 1. The summed E-state index contributed by atoms with van der Waals surface area (Å²) in [7, 11) is 0. The quantitative estimate of drug-likeness (QED) is 0.568. The van der Waals surface area contributed by atoms with E-state index in [1.807, 2.05) is 38.1 Å². The van der Waals surface area contributed by atoms with E-state index < -0.39 is 0 Å². The number of hydrogen-bond acceptors (Lipinski definition) is 3. The molecule has 2 heterocycles. The fourth-order valence-corrected chi connectivity index (χ4v) is 2.57. The number of carbonyl (C=O) groups is 1. The number of pyridine rings is 1. The highest BCUT2D eigenvalue weighted by atomic mass is 16.5. The molecular weight excluding hydrogens is 288 g/mol. The van der Waals surface area contributed by atoms with Crippen LogP contribution in [0.25, 0.3) is 17.0 Å². The van der Waals surface area contributed by atoms with Gasteiger partial charge in [-0.05, 0) is 56.3 Å². The highest BCUT2D eigenvalue weighted by Gasteiger charge is 2.08. The lowest BCUT2D eigenvalue weighted by Gasteiger charge is -2.02. The Morgan fingerprint density at radius 1 is 1.26 bits per heavy atom. The van der Waals surface area contributed by atoms with Gasteiger partial charge in [0.25, 0.3) is 0 Å². The van der Waals surface area contributed by atoms with E-state index in [1.54, 1.807) is 30.6 Å². The van der Waals surface area contributed by atoms with Gasteiger partial charge < -0.3 is 9.72 Å². The van der Waals surface area contributed by atoms with Gasteiger partial charge in [-0.3, -0.25) is 9.78 Å². The molecule has 1 N–H and O–H groups in total. The van der Waals surface area contributed by atoms with Crippen LogP contribution < -0.4 is 4.74 Å². The molecule has 3 aromatic rings. The van der Waals surface area contributed by atoms with E-state index in [2.05, 4.69) is 9.97 Å². The van der Waals surface area contributed by atoms with Gasteiger partial charge in [-0.15, -0.1) is 0 Å². The van der Waals surface area contributed by atoms with E-state index in [1.165, 1.54) is 0 Å². The number of aryl methyl sites for hydroxylation is 1. The molecule has 0 radical (unpaired) electrons. The molecule has 0 atom stereocenters. The Hall–Kier alpha value is -2.88. The number of ether oxygens (including phenoxy) is 1. The zero-order chi connectivity index (χ0) is 16.2. The third kappa shape index (κ3) is 3.16. The highest BCUT2D eigenvalue weighted by molar-refractivity contribution is 6.08. The molecule has 0 saturated carbocycles. The third-order valence-corrected chi connectivity index (χ3v) is 3.68. The molecule has 23 heavy (non-hydrogen) atoms. The van der Waals surface area contributed by atoms with Crippen molar-refractivity contribution >= 4 is 22.8 Å². The number of carbonyl (C=O) groups excluding carboxylic acids is 1. The van der Waals surface area contributed by atoms with Crippen LogP contribution in [0.1, 0.15) is 28.5 Å². The van der Waals surface area contributed by atoms with Crippen LogP contribution in [-0.4, -0.2) is 22.4 Å². The average molecular weight is 306 g/mol. The van der Waals surface area contributed by atoms with Crippen LogP contribution in [0.3, 0.4) is 0 Å². The van der Waals surface area contributed by atoms with Crippen LogP contribution in [0.4, 0.5) is 0 Å². The number of benzene rings is 1. The fraction of sp³-hybridized carbons (Fsp3) is 0.158. The Kier molecular flexibility index (Phi) is 4.24. The molecule has 0 bridgehead atoms. The first-order valence-corrected chi connectivity index (χ1v) is 7.56. The molecule has 4 heteroatoms. The number of rotatable bonds is 5. The van der Waals surface area contributed by atoms with Crippen molar-refractivity contribution in [3.8, 4) is 5.75 Å². The van der Waals surface area contributed by atoms with Crippen molar-refractivity contribution in [1.29, 1.82) is 0 Å². The van der Waals surface area contributed by atoms with Crippen molar-refractivity contribution in [1.82, 2.24) is 9.97 Å². The minimum Gasteiger partial charge on any atom is -0.494 e. The summed E-state index contributed by atoms with van der Waals surface area (Å²) in [6.07, 6.45) is 6.68. The van der Waals surface area contributed by atoms with Crippen LogP contribution >= 0.6 is 0 Å². The number of nitrogens with zero attached hydrogens (tertiary/aromatic N) is 1. The standard InChI is InChI=1S/C19H18N2O2/c1-3-23-15-4-6-18-17(12-15)16(13(2)21-18)5-7-19(22)14-8-10-20-11-9-14/h4-12,21H,3H2,1-2H3. The number of aromatic amines is 1. The molecule has 0 aliphatic heterocycles. The van der Waals surface area contributed by atoms with Gasteiger partial charge in [0.15, 0.2) is 5.78 Å². The summed E-state index contributed by atoms with van der Waals surface area (Å²) < 4.78 is 5.56.